The van der Waals surface area contributed by atoms with Gasteiger partial charge in [0.05, 0.1) is 6.04 Å². The molecule has 2 rings (SSSR count). The molecule has 0 spiro atoms. The molecule has 3 N–H and O–H groups in total. The number of nitrogens with one attached hydrogen (secondary N) is 1. The summed E-state index contributed by atoms with van der Waals surface area (Å²) < 4.78 is 1.08. The zero-order valence-corrected chi connectivity index (χ0v) is 12.9. The van der Waals surface area contributed by atoms with Crippen LogP contribution in [0.15, 0.2) is 46.9 Å². The Morgan fingerprint density at radius 2 is 1.79 bits per heavy atom. The molecule has 0 bridgehead atoms. The molecule has 100 valence electrons. The van der Waals surface area contributed by atoms with Crippen molar-refractivity contribution in [2.45, 2.75) is 19.9 Å². The second kappa shape index (κ2) is 6.22. The fourth-order valence-electron chi connectivity index (χ4n) is 2.15. The van der Waals surface area contributed by atoms with Crippen molar-refractivity contribution < 1.29 is 0 Å². The first-order chi connectivity index (χ1) is 9.10. The number of nitrogens with two attached hydrogens (primary N) is 1. The van der Waals surface area contributed by atoms with Crippen LogP contribution in [0, 0.1) is 13.8 Å². The lowest BCUT2D eigenvalue weighted by Crippen LogP contribution is -2.21. The lowest BCUT2D eigenvalue weighted by atomic mass is 9.98. The summed E-state index contributed by atoms with van der Waals surface area (Å²) >= 11 is 3.44. The highest BCUT2D eigenvalue weighted by Gasteiger charge is 2.12. The van der Waals surface area contributed by atoms with Gasteiger partial charge in [-0.15, -0.1) is 0 Å². The van der Waals surface area contributed by atoms with Crippen LogP contribution in [0.5, 0.6) is 0 Å². The summed E-state index contributed by atoms with van der Waals surface area (Å²) in [5.74, 6) is 0. The second-order valence-electron chi connectivity index (χ2n) is 4.80. The third kappa shape index (κ3) is 3.58. The Bertz CT molecular complexity index is 549. The topological polar surface area (TPSA) is 38.0 Å². The molecule has 3 heteroatoms. The van der Waals surface area contributed by atoms with Gasteiger partial charge in [0.2, 0.25) is 0 Å². The van der Waals surface area contributed by atoms with Gasteiger partial charge in [-0.1, -0.05) is 39.7 Å². The van der Waals surface area contributed by atoms with E-state index in [-0.39, 0.29) is 6.04 Å². The quantitative estimate of drug-likeness (QED) is 0.887. The van der Waals surface area contributed by atoms with Gasteiger partial charge in [0.1, 0.15) is 0 Å². The van der Waals surface area contributed by atoms with Gasteiger partial charge in [0.25, 0.3) is 0 Å². The molecule has 0 heterocycles. The van der Waals surface area contributed by atoms with Crippen molar-refractivity contribution in [1.82, 2.24) is 0 Å². The highest BCUT2D eigenvalue weighted by atomic mass is 79.9. The molecule has 0 saturated carbocycles. The van der Waals surface area contributed by atoms with E-state index in [0.717, 1.165) is 10.2 Å². The molecular formula is C16H19BrN2. The smallest absolute Gasteiger partial charge is 0.0638 e. The number of halogens is 1. The molecule has 2 nitrogen and oxygen atoms in total. The minimum absolute atomic E-state index is 0.140. The van der Waals surface area contributed by atoms with Crippen molar-refractivity contribution in [1.29, 1.82) is 0 Å². The third-order valence-electron chi connectivity index (χ3n) is 3.23. The predicted molar refractivity (Wildman–Crippen MR) is 85.5 cm³/mol. The number of aryl methyl sites for hydroxylation is 2. The van der Waals surface area contributed by atoms with Crippen molar-refractivity contribution in [3.63, 3.8) is 0 Å². The number of hydrogen-bond acceptors (Lipinski definition) is 2. The molecule has 0 saturated heterocycles. The van der Waals surface area contributed by atoms with E-state index in [4.69, 9.17) is 5.73 Å². The lowest BCUT2D eigenvalue weighted by molar-refractivity contribution is 0.782. The zero-order chi connectivity index (χ0) is 13.8. The summed E-state index contributed by atoms with van der Waals surface area (Å²) in [5, 5.41) is 3.49. The Labute approximate surface area is 123 Å². The van der Waals surface area contributed by atoms with Crippen LogP contribution in [0.2, 0.25) is 0 Å². The first kappa shape index (κ1) is 14.1. The molecule has 2 aromatic rings. The van der Waals surface area contributed by atoms with Crippen LogP contribution in [-0.2, 0) is 0 Å². The van der Waals surface area contributed by atoms with E-state index in [1.165, 1.54) is 16.7 Å². The SMILES string of the molecule is Cc1ccc(C)c(C(CN)Nc2ccc(Br)cc2)c1. The van der Waals surface area contributed by atoms with E-state index in [2.05, 4.69) is 65.4 Å². The summed E-state index contributed by atoms with van der Waals surface area (Å²) in [6.45, 7) is 4.80. The van der Waals surface area contributed by atoms with Gasteiger partial charge in [-0.2, -0.15) is 0 Å². The molecule has 0 aliphatic heterocycles. The van der Waals surface area contributed by atoms with Crippen molar-refractivity contribution in [3.05, 3.63) is 63.6 Å². The molecule has 0 aliphatic carbocycles. The first-order valence-corrected chi connectivity index (χ1v) is 7.19. The Morgan fingerprint density at radius 3 is 2.42 bits per heavy atom. The van der Waals surface area contributed by atoms with Gasteiger partial charge in [-0.25, -0.2) is 0 Å². The van der Waals surface area contributed by atoms with E-state index in [0.29, 0.717) is 6.54 Å². The van der Waals surface area contributed by atoms with Crippen LogP contribution < -0.4 is 11.1 Å². The molecule has 0 radical (unpaired) electrons. The fraction of sp³-hybridized carbons (Fsp3) is 0.250. The molecule has 0 amide bonds. The van der Waals surface area contributed by atoms with E-state index in [1.54, 1.807) is 0 Å². The first-order valence-electron chi connectivity index (χ1n) is 6.39. The molecule has 0 aromatic heterocycles. The van der Waals surface area contributed by atoms with Gasteiger partial charge >= 0.3 is 0 Å². The summed E-state index contributed by atoms with van der Waals surface area (Å²) in [5.41, 5.74) is 10.8. The van der Waals surface area contributed by atoms with Gasteiger partial charge < -0.3 is 11.1 Å². The van der Waals surface area contributed by atoms with Crippen LogP contribution in [0.4, 0.5) is 5.69 Å². The van der Waals surface area contributed by atoms with Crippen LogP contribution >= 0.6 is 15.9 Å². The molecule has 19 heavy (non-hydrogen) atoms. The third-order valence-corrected chi connectivity index (χ3v) is 3.76. The zero-order valence-electron chi connectivity index (χ0n) is 11.3. The van der Waals surface area contributed by atoms with Crippen LogP contribution in [-0.4, -0.2) is 6.54 Å². The number of benzene rings is 2. The minimum atomic E-state index is 0.140. The maximum absolute atomic E-state index is 5.93. The van der Waals surface area contributed by atoms with E-state index in [9.17, 15) is 0 Å². The molecular weight excluding hydrogens is 300 g/mol. The van der Waals surface area contributed by atoms with E-state index < -0.39 is 0 Å². The summed E-state index contributed by atoms with van der Waals surface area (Å²) in [6.07, 6.45) is 0. The second-order valence-corrected chi connectivity index (χ2v) is 5.72. The molecule has 0 aliphatic rings. The predicted octanol–water partition coefficient (Wildman–Crippen LogP) is 4.18. The maximum atomic E-state index is 5.93. The Morgan fingerprint density at radius 1 is 1.11 bits per heavy atom. The Balaban J connectivity index is 2.24. The van der Waals surface area contributed by atoms with Crippen LogP contribution in [0.25, 0.3) is 0 Å². The monoisotopic (exact) mass is 318 g/mol. The van der Waals surface area contributed by atoms with Gasteiger partial charge in [0, 0.05) is 16.7 Å². The average Bonchev–Trinajstić information content (AvgIpc) is 2.41. The lowest BCUT2D eigenvalue weighted by Gasteiger charge is -2.21. The molecule has 0 fully saturated rings. The number of anilines is 1. The summed E-state index contributed by atoms with van der Waals surface area (Å²) in [6, 6.07) is 14.8. The molecule has 2 aromatic carbocycles. The number of rotatable bonds is 4. The van der Waals surface area contributed by atoms with Crippen molar-refractivity contribution in [2.24, 2.45) is 5.73 Å². The maximum Gasteiger partial charge on any atom is 0.0638 e. The average molecular weight is 319 g/mol. The van der Waals surface area contributed by atoms with Gasteiger partial charge in [-0.05, 0) is 49.2 Å². The Kier molecular flexibility index (Phi) is 4.61. The van der Waals surface area contributed by atoms with Crippen LogP contribution in [0.3, 0.4) is 0 Å². The minimum Gasteiger partial charge on any atom is -0.377 e. The fourth-order valence-corrected chi connectivity index (χ4v) is 2.41. The van der Waals surface area contributed by atoms with E-state index in [1.807, 2.05) is 12.1 Å². The van der Waals surface area contributed by atoms with Gasteiger partial charge in [0.15, 0.2) is 0 Å². The highest BCUT2D eigenvalue weighted by molar-refractivity contribution is 9.10. The van der Waals surface area contributed by atoms with E-state index >= 15 is 0 Å². The van der Waals surface area contributed by atoms with Gasteiger partial charge in [-0.3, -0.25) is 0 Å². The molecule has 1 unspecified atom stereocenters. The largest absolute Gasteiger partial charge is 0.377 e. The standard InChI is InChI=1S/C16H19BrN2/c1-11-3-4-12(2)15(9-11)16(10-18)19-14-7-5-13(17)6-8-14/h3-9,16,19H,10,18H2,1-2H3. The van der Waals surface area contributed by atoms with Crippen LogP contribution in [0.1, 0.15) is 22.7 Å². The Hall–Kier alpha value is -1.32. The van der Waals surface area contributed by atoms with Crippen molar-refractivity contribution >= 4 is 21.6 Å². The van der Waals surface area contributed by atoms with Crippen molar-refractivity contribution in [3.8, 4) is 0 Å². The number of hydrogen-bond donors (Lipinski definition) is 2. The summed E-state index contributed by atoms with van der Waals surface area (Å²) in [7, 11) is 0. The normalized spacial score (nSPS) is 12.2. The highest BCUT2D eigenvalue weighted by Crippen LogP contribution is 2.24. The summed E-state index contributed by atoms with van der Waals surface area (Å²) in [4.78, 5) is 0. The molecule has 1 atom stereocenters. The van der Waals surface area contributed by atoms with Crippen molar-refractivity contribution in [2.75, 3.05) is 11.9 Å².